The van der Waals surface area contributed by atoms with Gasteiger partial charge in [0.05, 0.1) is 4.90 Å². The lowest BCUT2D eigenvalue weighted by Gasteiger charge is -2.23. The molecule has 7 nitrogen and oxygen atoms in total. The summed E-state index contributed by atoms with van der Waals surface area (Å²) in [6.07, 6.45) is 3.10. The Kier molecular flexibility index (Phi) is 6.31. The minimum absolute atomic E-state index is 0.00796. The first kappa shape index (κ1) is 21.8. The van der Waals surface area contributed by atoms with E-state index in [1.54, 1.807) is 24.3 Å². The van der Waals surface area contributed by atoms with Crippen molar-refractivity contribution in [2.45, 2.75) is 36.6 Å². The lowest BCUT2D eigenvalue weighted by molar-refractivity contribution is -0.119. The summed E-state index contributed by atoms with van der Waals surface area (Å²) in [6, 6.07) is 11.9. The molecule has 1 N–H and O–H groups in total. The highest BCUT2D eigenvalue weighted by Crippen LogP contribution is 2.28. The predicted octanol–water partition coefficient (Wildman–Crippen LogP) is 3.37. The van der Waals surface area contributed by atoms with Crippen molar-refractivity contribution in [2.24, 2.45) is 0 Å². The molecule has 2 fully saturated rings. The Hall–Kier alpha value is -2.42. The summed E-state index contributed by atoms with van der Waals surface area (Å²) in [5.41, 5.74) is 1.10. The highest BCUT2D eigenvalue weighted by atomic mass is 35.5. The number of nitrogens with zero attached hydrogens (tertiary/aromatic N) is 2. The molecule has 0 aliphatic carbocycles. The van der Waals surface area contributed by atoms with Crippen molar-refractivity contribution in [1.29, 1.82) is 0 Å². The summed E-state index contributed by atoms with van der Waals surface area (Å²) in [6.45, 7) is 1.83. The van der Waals surface area contributed by atoms with Crippen LogP contribution >= 0.6 is 11.6 Å². The van der Waals surface area contributed by atoms with E-state index in [0.29, 0.717) is 29.1 Å². The van der Waals surface area contributed by atoms with E-state index in [1.807, 2.05) is 4.90 Å². The van der Waals surface area contributed by atoms with Crippen LogP contribution in [0.4, 0.5) is 5.69 Å². The maximum atomic E-state index is 13.0. The Morgan fingerprint density at radius 1 is 0.903 bits per heavy atom. The zero-order valence-electron chi connectivity index (χ0n) is 17.0. The second-order valence-corrected chi connectivity index (χ2v) is 10.1. The first-order valence-corrected chi connectivity index (χ1v) is 12.2. The Morgan fingerprint density at radius 2 is 1.55 bits per heavy atom. The highest BCUT2D eigenvalue weighted by molar-refractivity contribution is 7.89. The number of carbonyl (C=O) groups is 2. The van der Waals surface area contributed by atoms with Gasteiger partial charge in [0, 0.05) is 35.9 Å². The molecular weight excluding hydrogens is 438 g/mol. The molecule has 2 aliphatic rings. The number of rotatable bonds is 5. The van der Waals surface area contributed by atoms with Crippen molar-refractivity contribution in [1.82, 2.24) is 9.21 Å². The zero-order valence-corrected chi connectivity index (χ0v) is 18.5. The van der Waals surface area contributed by atoms with Crippen molar-refractivity contribution in [3.05, 3.63) is 59.1 Å². The van der Waals surface area contributed by atoms with E-state index in [1.165, 1.54) is 28.6 Å². The molecule has 2 aliphatic heterocycles. The fourth-order valence-corrected chi connectivity index (χ4v) is 5.84. The SMILES string of the molecule is O=C(Nc1ccc(C(=O)N2CCCC2)cc1)[C@@H]1CCCN1S(=O)(=O)c1ccc(Cl)cc1. The summed E-state index contributed by atoms with van der Waals surface area (Å²) in [4.78, 5) is 27.3. The zero-order chi connectivity index (χ0) is 22.0. The molecule has 1 atom stereocenters. The van der Waals surface area contributed by atoms with Crippen molar-refractivity contribution in [3.63, 3.8) is 0 Å². The van der Waals surface area contributed by atoms with Crippen molar-refractivity contribution in [3.8, 4) is 0 Å². The van der Waals surface area contributed by atoms with Gasteiger partial charge in [0.2, 0.25) is 15.9 Å². The van der Waals surface area contributed by atoms with Crippen LogP contribution in [-0.2, 0) is 14.8 Å². The summed E-state index contributed by atoms with van der Waals surface area (Å²) < 4.78 is 27.3. The van der Waals surface area contributed by atoms with Gasteiger partial charge in [-0.3, -0.25) is 9.59 Å². The quantitative estimate of drug-likeness (QED) is 0.739. The van der Waals surface area contributed by atoms with Gasteiger partial charge in [-0.1, -0.05) is 11.6 Å². The van der Waals surface area contributed by atoms with Gasteiger partial charge in [0.1, 0.15) is 6.04 Å². The average molecular weight is 462 g/mol. The second-order valence-electron chi connectivity index (χ2n) is 7.79. The van der Waals surface area contributed by atoms with E-state index in [-0.39, 0.29) is 23.3 Å². The number of hydrogen-bond acceptors (Lipinski definition) is 4. The Morgan fingerprint density at radius 3 is 2.19 bits per heavy atom. The topological polar surface area (TPSA) is 86.8 Å². The minimum atomic E-state index is -3.81. The normalized spacial score (nSPS) is 19.5. The molecule has 4 rings (SSSR count). The fourth-order valence-electron chi connectivity index (χ4n) is 4.06. The second kappa shape index (κ2) is 8.98. The fraction of sp³-hybridized carbons (Fsp3) is 0.364. The molecule has 9 heteroatoms. The molecule has 2 heterocycles. The van der Waals surface area contributed by atoms with Gasteiger partial charge >= 0.3 is 0 Å². The Balaban J connectivity index is 1.45. The number of amides is 2. The molecule has 2 aromatic carbocycles. The van der Waals surface area contributed by atoms with E-state index in [4.69, 9.17) is 11.6 Å². The van der Waals surface area contributed by atoms with Gasteiger partial charge in [-0.05, 0) is 74.2 Å². The number of anilines is 1. The van der Waals surface area contributed by atoms with Crippen LogP contribution < -0.4 is 5.32 Å². The Bertz CT molecular complexity index is 1060. The van der Waals surface area contributed by atoms with Crippen LogP contribution in [0.25, 0.3) is 0 Å². The lowest BCUT2D eigenvalue weighted by Crippen LogP contribution is -2.43. The third kappa shape index (κ3) is 4.61. The maximum absolute atomic E-state index is 13.0. The predicted molar refractivity (Wildman–Crippen MR) is 119 cm³/mol. The molecule has 0 bridgehead atoms. The summed E-state index contributed by atoms with van der Waals surface area (Å²) in [7, 11) is -3.81. The van der Waals surface area contributed by atoms with Crippen molar-refractivity contribution < 1.29 is 18.0 Å². The number of hydrogen-bond donors (Lipinski definition) is 1. The molecule has 0 aromatic heterocycles. The van der Waals surface area contributed by atoms with Crippen LogP contribution in [0.5, 0.6) is 0 Å². The molecule has 0 saturated carbocycles. The summed E-state index contributed by atoms with van der Waals surface area (Å²) in [5.74, 6) is -0.389. The molecule has 2 aromatic rings. The van der Waals surface area contributed by atoms with E-state index in [2.05, 4.69) is 5.32 Å². The molecule has 0 spiro atoms. The largest absolute Gasteiger partial charge is 0.339 e. The third-order valence-corrected chi connectivity index (χ3v) is 7.89. The van der Waals surface area contributed by atoms with Gasteiger partial charge in [-0.25, -0.2) is 8.42 Å². The first-order valence-electron chi connectivity index (χ1n) is 10.3. The van der Waals surface area contributed by atoms with Gasteiger partial charge in [0.15, 0.2) is 0 Å². The number of carbonyl (C=O) groups excluding carboxylic acids is 2. The lowest BCUT2D eigenvalue weighted by atomic mass is 10.1. The van der Waals surface area contributed by atoms with Crippen LogP contribution in [0.2, 0.25) is 5.02 Å². The van der Waals surface area contributed by atoms with Crippen molar-refractivity contribution in [2.75, 3.05) is 25.0 Å². The number of halogens is 1. The maximum Gasteiger partial charge on any atom is 0.253 e. The van der Waals surface area contributed by atoms with Crippen LogP contribution in [0.1, 0.15) is 36.0 Å². The van der Waals surface area contributed by atoms with Gasteiger partial charge < -0.3 is 10.2 Å². The number of sulfonamides is 1. The van der Waals surface area contributed by atoms with Gasteiger partial charge in [-0.2, -0.15) is 4.31 Å². The van der Waals surface area contributed by atoms with Crippen LogP contribution in [0.15, 0.2) is 53.4 Å². The standard InChI is InChI=1S/C22H24ClN3O4S/c23-17-7-11-19(12-8-17)31(29,30)26-15-3-4-20(26)21(27)24-18-9-5-16(6-10-18)22(28)25-13-1-2-14-25/h5-12,20H,1-4,13-15H2,(H,24,27)/t20-/m0/s1. The first-order chi connectivity index (χ1) is 14.9. The van der Waals surface area contributed by atoms with Gasteiger partial charge in [0.25, 0.3) is 5.91 Å². The molecule has 2 saturated heterocycles. The molecule has 0 unspecified atom stereocenters. The molecule has 2 amide bonds. The Labute approximate surface area is 187 Å². The van der Waals surface area contributed by atoms with Gasteiger partial charge in [-0.15, -0.1) is 0 Å². The number of benzene rings is 2. The molecule has 0 radical (unpaired) electrons. The summed E-state index contributed by atoms with van der Waals surface area (Å²) in [5, 5.41) is 3.24. The minimum Gasteiger partial charge on any atom is -0.339 e. The number of likely N-dealkylation sites (tertiary alicyclic amines) is 1. The van der Waals surface area contributed by atoms with Crippen molar-refractivity contribution >= 4 is 39.1 Å². The van der Waals surface area contributed by atoms with Crippen LogP contribution in [0.3, 0.4) is 0 Å². The number of nitrogens with one attached hydrogen (secondary N) is 1. The smallest absolute Gasteiger partial charge is 0.253 e. The van der Waals surface area contributed by atoms with Crippen LogP contribution in [0, 0.1) is 0 Å². The monoisotopic (exact) mass is 461 g/mol. The van der Waals surface area contributed by atoms with E-state index in [9.17, 15) is 18.0 Å². The van der Waals surface area contributed by atoms with E-state index in [0.717, 1.165) is 25.9 Å². The molecule has 164 valence electrons. The average Bonchev–Trinajstić information content (AvgIpc) is 3.47. The van der Waals surface area contributed by atoms with E-state index < -0.39 is 16.1 Å². The third-order valence-electron chi connectivity index (χ3n) is 5.72. The van der Waals surface area contributed by atoms with E-state index >= 15 is 0 Å². The molecular formula is C22H24ClN3O4S. The van der Waals surface area contributed by atoms with Crippen LogP contribution in [-0.4, -0.2) is 55.1 Å². The highest BCUT2D eigenvalue weighted by Gasteiger charge is 2.39. The summed E-state index contributed by atoms with van der Waals surface area (Å²) >= 11 is 5.86. The molecule has 31 heavy (non-hydrogen) atoms.